The molecule has 0 N–H and O–H groups in total. The Labute approximate surface area is 113 Å². The van der Waals surface area contributed by atoms with Crippen LogP contribution in [0.2, 0.25) is 0 Å². The van der Waals surface area contributed by atoms with E-state index in [0.717, 1.165) is 0 Å². The molecule has 80 valence electrons. The zero-order chi connectivity index (χ0) is 11.0. The molecule has 0 atom stereocenters. The average molecular weight is 315 g/mol. The summed E-state index contributed by atoms with van der Waals surface area (Å²) in [5, 5.41) is 0. The lowest BCUT2D eigenvalue weighted by Gasteiger charge is -2.25. The van der Waals surface area contributed by atoms with Crippen molar-refractivity contribution < 1.29 is 0 Å². The number of alkyl halides is 6. The predicted molar refractivity (Wildman–Crippen MR) is 65.8 cm³/mol. The molecular formula is C8H6Cl6. The maximum atomic E-state index is 5.70. The first-order valence-electron chi connectivity index (χ1n) is 3.71. The van der Waals surface area contributed by atoms with Crippen LogP contribution >= 0.6 is 69.6 Å². The molecule has 0 spiro atoms. The molecule has 0 aliphatic heterocycles. The second-order valence-corrected chi connectivity index (χ2v) is 7.64. The van der Waals surface area contributed by atoms with Crippen molar-refractivity contribution in [1.29, 1.82) is 0 Å². The van der Waals surface area contributed by atoms with E-state index in [2.05, 4.69) is 0 Å². The van der Waals surface area contributed by atoms with Gasteiger partial charge in [0.05, 0.1) is 0 Å². The largest absolute Gasteiger partial charge is 0.200 e. The summed E-state index contributed by atoms with van der Waals surface area (Å²) in [6, 6.07) is 0. The van der Waals surface area contributed by atoms with Gasteiger partial charge >= 0.3 is 0 Å². The van der Waals surface area contributed by atoms with Crippen LogP contribution in [-0.4, -0.2) is 7.59 Å². The Balaban J connectivity index is 2.72. The Hall–Kier alpha value is 1.22. The van der Waals surface area contributed by atoms with Crippen LogP contribution in [0.25, 0.3) is 0 Å². The molecule has 1 rings (SSSR count). The van der Waals surface area contributed by atoms with Crippen molar-refractivity contribution in [2.75, 3.05) is 0 Å². The fourth-order valence-corrected chi connectivity index (χ4v) is 1.92. The maximum Gasteiger partial charge on any atom is 0.200 e. The summed E-state index contributed by atoms with van der Waals surface area (Å²) in [5.74, 6) is -0.563. The van der Waals surface area contributed by atoms with Crippen LogP contribution in [-0.2, 0) is 0 Å². The summed E-state index contributed by atoms with van der Waals surface area (Å²) in [7, 11) is 0. The molecule has 1 aliphatic rings. The molecule has 0 aromatic carbocycles. The Bertz CT molecular complexity index is 216. The van der Waals surface area contributed by atoms with Crippen molar-refractivity contribution in [3.63, 3.8) is 0 Å². The average Bonchev–Trinajstić information content (AvgIpc) is 2.01. The van der Waals surface area contributed by atoms with Crippen molar-refractivity contribution in [3.8, 4) is 0 Å². The third-order valence-corrected chi connectivity index (χ3v) is 3.32. The fourth-order valence-electron chi connectivity index (χ4n) is 1.04. The highest BCUT2D eigenvalue weighted by molar-refractivity contribution is 6.68. The Morgan fingerprint density at radius 1 is 0.571 bits per heavy atom. The monoisotopic (exact) mass is 312 g/mol. The lowest BCUT2D eigenvalue weighted by atomic mass is 9.98. The van der Waals surface area contributed by atoms with Gasteiger partial charge in [-0.05, 0) is 0 Å². The Kier molecular flexibility index (Phi) is 4.37. The normalized spacial score (nSPS) is 28.1. The van der Waals surface area contributed by atoms with Gasteiger partial charge in [-0.15, -0.1) is 0 Å². The summed E-state index contributed by atoms with van der Waals surface area (Å²) in [4.78, 5) is 0. The van der Waals surface area contributed by atoms with Gasteiger partial charge in [0.15, 0.2) is 7.59 Å². The Morgan fingerprint density at radius 2 is 0.786 bits per heavy atom. The number of allylic oxidation sites excluding steroid dienone is 4. The summed E-state index contributed by atoms with van der Waals surface area (Å²) in [5.41, 5.74) is 0. The van der Waals surface area contributed by atoms with E-state index >= 15 is 0 Å². The third-order valence-electron chi connectivity index (χ3n) is 1.81. The molecular weight excluding hydrogens is 309 g/mol. The number of hydrogen-bond donors (Lipinski definition) is 0. The molecule has 0 aromatic heterocycles. The molecule has 0 radical (unpaired) electrons. The predicted octanol–water partition coefficient (Wildman–Crippen LogP) is 5.09. The van der Waals surface area contributed by atoms with Gasteiger partial charge in [0.2, 0.25) is 0 Å². The molecule has 0 unspecified atom stereocenters. The van der Waals surface area contributed by atoms with Crippen LogP contribution in [0.3, 0.4) is 0 Å². The quantitative estimate of drug-likeness (QED) is 0.432. The van der Waals surface area contributed by atoms with Gasteiger partial charge in [0.25, 0.3) is 0 Å². The molecule has 14 heavy (non-hydrogen) atoms. The van der Waals surface area contributed by atoms with E-state index in [1.807, 2.05) is 0 Å². The molecule has 0 aromatic rings. The third kappa shape index (κ3) is 3.66. The van der Waals surface area contributed by atoms with Crippen LogP contribution < -0.4 is 0 Å². The number of halogens is 6. The molecule has 0 amide bonds. The fraction of sp³-hybridized carbons (Fsp3) is 0.500. The first kappa shape index (κ1) is 13.3. The van der Waals surface area contributed by atoms with E-state index in [1.54, 1.807) is 24.3 Å². The molecule has 6 heteroatoms. The molecule has 0 nitrogen and oxygen atoms in total. The molecule has 0 bridgehead atoms. The lowest BCUT2D eigenvalue weighted by molar-refractivity contribution is 0.747. The Morgan fingerprint density at radius 3 is 0.929 bits per heavy atom. The van der Waals surface area contributed by atoms with Gasteiger partial charge in [-0.3, -0.25) is 0 Å². The lowest BCUT2D eigenvalue weighted by Crippen LogP contribution is -2.22. The van der Waals surface area contributed by atoms with E-state index < -0.39 is 7.59 Å². The van der Waals surface area contributed by atoms with E-state index in [4.69, 9.17) is 69.6 Å². The van der Waals surface area contributed by atoms with Crippen LogP contribution in [0.1, 0.15) is 0 Å². The van der Waals surface area contributed by atoms with Crippen LogP contribution in [0.4, 0.5) is 0 Å². The number of rotatable bonds is 0. The van der Waals surface area contributed by atoms with Gasteiger partial charge in [-0.2, -0.15) is 0 Å². The minimum Gasteiger partial charge on any atom is -0.0827 e. The van der Waals surface area contributed by atoms with Gasteiger partial charge < -0.3 is 0 Å². The van der Waals surface area contributed by atoms with Crippen LogP contribution in [0.15, 0.2) is 24.3 Å². The van der Waals surface area contributed by atoms with Gasteiger partial charge in [-0.1, -0.05) is 93.9 Å². The van der Waals surface area contributed by atoms with Crippen LogP contribution in [0.5, 0.6) is 0 Å². The summed E-state index contributed by atoms with van der Waals surface area (Å²) < 4.78 is -2.71. The SMILES string of the molecule is ClC(Cl)(Cl)C1C=CC(C(Cl)(Cl)Cl)C=C1. The first-order valence-corrected chi connectivity index (χ1v) is 5.98. The summed E-state index contributed by atoms with van der Waals surface area (Å²) in [6.45, 7) is 0. The van der Waals surface area contributed by atoms with E-state index in [0.29, 0.717) is 0 Å². The van der Waals surface area contributed by atoms with Gasteiger partial charge in [0, 0.05) is 11.8 Å². The second kappa shape index (κ2) is 4.61. The van der Waals surface area contributed by atoms with Gasteiger partial charge in [-0.25, -0.2) is 0 Å². The minimum atomic E-state index is -1.36. The highest BCUT2D eigenvalue weighted by Gasteiger charge is 2.34. The highest BCUT2D eigenvalue weighted by atomic mass is 35.6. The molecule has 0 saturated carbocycles. The number of hydrogen-bond acceptors (Lipinski definition) is 0. The standard InChI is InChI=1S/C8H6Cl6/c9-7(10,11)5-1-2-6(4-3-5)8(12,13)14/h1-6H. The maximum absolute atomic E-state index is 5.70. The zero-order valence-corrected chi connectivity index (χ0v) is 11.3. The van der Waals surface area contributed by atoms with Crippen molar-refractivity contribution in [2.24, 2.45) is 11.8 Å². The second-order valence-electron chi connectivity index (χ2n) is 2.90. The van der Waals surface area contributed by atoms with Crippen molar-refractivity contribution in [2.45, 2.75) is 7.59 Å². The van der Waals surface area contributed by atoms with E-state index in [-0.39, 0.29) is 11.8 Å². The molecule has 0 heterocycles. The summed E-state index contributed by atoms with van der Waals surface area (Å²) in [6.07, 6.45) is 6.89. The molecule has 0 saturated heterocycles. The van der Waals surface area contributed by atoms with E-state index in [1.165, 1.54) is 0 Å². The minimum absolute atomic E-state index is 0.281. The highest BCUT2D eigenvalue weighted by Crippen LogP contribution is 2.43. The van der Waals surface area contributed by atoms with Crippen LogP contribution in [0, 0.1) is 11.8 Å². The zero-order valence-electron chi connectivity index (χ0n) is 6.73. The van der Waals surface area contributed by atoms with E-state index in [9.17, 15) is 0 Å². The van der Waals surface area contributed by atoms with Crippen molar-refractivity contribution in [1.82, 2.24) is 0 Å². The molecule has 0 fully saturated rings. The van der Waals surface area contributed by atoms with Crippen molar-refractivity contribution >= 4 is 69.6 Å². The summed E-state index contributed by atoms with van der Waals surface area (Å²) >= 11 is 34.2. The smallest absolute Gasteiger partial charge is 0.0827 e. The van der Waals surface area contributed by atoms with Crippen molar-refractivity contribution in [3.05, 3.63) is 24.3 Å². The topological polar surface area (TPSA) is 0 Å². The van der Waals surface area contributed by atoms with Gasteiger partial charge in [0.1, 0.15) is 0 Å². The first-order chi connectivity index (χ1) is 6.21. The molecule has 1 aliphatic carbocycles.